The number of carbonyl (C=O) groups excluding carboxylic acids is 1. The molecule has 55 heavy (non-hydrogen) atoms. The molecule has 0 aromatic heterocycles. The second-order valence-electron chi connectivity index (χ2n) is 20.5. The van der Waals surface area contributed by atoms with Gasteiger partial charge in [0.1, 0.15) is 36.6 Å². The van der Waals surface area contributed by atoms with Crippen molar-refractivity contribution in [1.29, 1.82) is 0 Å². The number of rotatable bonds is 7. The van der Waals surface area contributed by atoms with Crippen LogP contribution in [0.15, 0.2) is 11.6 Å². The molecule has 5 aliphatic carbocycles. The highest BCUT2D eigenvalue weighted by atomic mass is 16.7. The van der Waals surface area contributed by atoms with Crippen LogP contribution >= 0.6 is 0 Å². The number of hydrogen-bond donors (Lipinski definition) is 7. The highest BCUT2D eigenvalue weighted by Gasteiger charge is 2.69. The molecule has 13 nitrogen and oxygen atoms in total. The van der Waals surface area contributed by atoms with E-state index in [4.69, 9.17) is 18.9 Å². The number of aliphatic hydroxyl groups is 6. The third kappa shape index (κ3) is 6.15. The highest BCUT2D eigenvalue weighted by Crippen LogP contribution is 2.76. The summed E-state index contributed by atoms with van der Waals surface area (Å²) in [7, 11) is 0. The Morgan fingerprint density at radius 3 is 2.09 bits per heavy atom. The van der Waals surface area contributed by atoms with E-state index in [9.17, 15) is 45.3 Å². The lowest BCUT2D eigenvalue weighted by Gasteiger charge is -2.71. The van der Waals surface area contributed by atoms with Gasteiger partial charge in [0.25, 0.3) is 0 Å². The van der Waals surface area contributed by atoms with Gasteiger partial charge in [0, 0.05) is 0 Å². The summed E-state index contributed by atoms with van der Waals surface area (Å²) in [4.78, 5) is 27.0. The van der Waals surface area contributed by atoms with Crippen LogP contribution in [0.4, 0.5) is 0 Å². The van der Waals surface area contributed by atoms with Crippen molar-refractivity contribution in [3.8, 4) is 0 Å². The summed E-state index contributed by atoms with van der Waals surface area (Å²) >= 11 is 0. The second-order valence-corrected chi connectivity index (χ2v) is 20.5. The quantitative estimate of drug-likeness (QED) is 0.147. The molecule has 0 radical (unpaired) electrons. The lowest BCUT2D eigenvalue weighted by Crippen LogP contribution is -2.66. The van der Waals surface area contributed by atoms with Crippen molar-refractivity contribution in [2.75, 3.05) is 13.2 Å². The Morgan fingerprint density at radius 2 is 1.44 bits per heavy atom. The molecule has 7 N–H and O–H groups in total. The number of ketones is 1. The molecule has 2 saturated heterocycles. The average molecular weight is 779 g/mol. The monoisotopic (exact) mass is 778 g/mol. The minimum Gasteiger partial charge on any atom is -0.481 e. The molecular formula is C42H66O13. The van der Waals surface area contributed by atoms with E-state index >= 15 is 0 Å². The number of carbonyl (C=O) groups is 2. The zero-order valence-corrected chi connectivity index (χ0v) is 33.6. The molecule has 312 valence electrons. The predicted octanol–water partition coefficient (Wildman–Crippen LogP) is 3.09. The number of carboxylic acids is 1. The molecule has 0 aromatic carbocycles. The van der Waals surface area contributed by atoms with Crippen LogP contribution in [-0.2, 0) is 28.5 Å². The van der Waals surface area contributed by atoms with Crippen molar-refractivity contribution in [2.24, 2.45) is 50.2 Å². The van der Waals surface area contributed by atoms with Crippen molar-refractivity contribution in [2.45, 2.75) is 174 Å². The Labute approximate surface area is 324 Å². The number of aliphatic carboxylic acids is 1. The van der Waals surface area contributed by atoms with Gasteiger partial charge < -0.3 is 54.7 Å². The van der Waals surface area contributed by atoms with Crippen LogP contribution < -0.4 is 0 Å². The van der Waals surface area contributed by atoms with E-state index in [-0.39, 0.29) is 33.5 Å². The average Bonchev–Trinajstić information content (AvgIpc) is 3.12. The largest absolute Gasteiger partial charge is 0.481 e. The first kappa shape index (κ1) is 41.6. The van der Waals surface area contributed by atoms with Crippen LogP contribution in [-0.4, -0.2) is 122 Å². The lowest BCUT2D eigenvalue weighted by atomic mass is 9.33. The standard InChI is InChI=1S/C42H66O13/c1-37(2)14-16-42(36(50)51)17-15-40(6)21(22(42)18-37)8-9-26-39(5)12-11-27(38(3,4)25(39)10-13-41(26,40)7)54-35-32(49)33(29(46)24(20-44)53-35)55-34-31(48)30(47)28(45)23(19-43)52-34/h8,22-31,33-35,43-48H,9-20H2,1-7H3,(H,50,51)/t22-,23+,24+,25-,26+,27-,28+,29+,30-,31+,33-,34-,35-,39-,40+,41+,42-/m0/s1. The van der Waals surface area contributed by atoms with E-state index in [0.29, 0.717) is 18.8 Å². The summed E-state index contributed by atoms with van der Waals surface area (Å²) in [5, 5.41) is 72.6. The maximum Gasteiger partial charge on any atom is 0.310 e. The molecule has 2 aliphatic heterocycles. The van der Waals surface area contributed by atoms with Gasteiger partial charge in [0.2, 0.25) is 12.1 Å². The number of aliphatic hydroxyl groups excluding tert-OH is 6. The smallest absolute Gasteiger partial charge is 0.310 e. The van der Waals surface area contributed by atoms with E-state index in [1.807, 2.05) is 0 Å². The van der Waals surface area contributed by atoms with E-state index in [1.54, 1.807) is 0 Å². The Morgan fingerprint density at radius 1 is 0.782 bits per heavy atom. The van der Waals surface area contributed by atoms with Gasteiger partial charge in [-0.25, -0.2) is 0 Å². The van der Waals surface area contributed by atoms with Gasteiger partial charge >= 0.3 is 5.97 Å². The van der Waals surface area contributed by atoms with E-state index < -0.39 is 97.2 Å². The minimum absolute atomic E-state index is 0.0275. The molecule has 0 aromatic rings. The van der Waals surface area contributed by atoms with E-state index in [2.05, 4.69) is 54.5 Å². The first-order valence-corrected chi connectivity index (χ1v) is 20.7. The van der Waals surface area contributed by atoms with Crippen LogP contribution in [0.1, 0.15) is 113 Å². The summed E-state index contributed by atoms with van der Waals surface area (Å²) in [5.41, 5.74) is 0.171. The van der Waals surface area contributed by atoms with Crippen molar-refractivity contribution < 1.29 is 64.3 Å². The maximum atomic E-state index is 14.0. The Bertz CT molecular complexity index is 1530. The van der Waals surface area contributed by atoms with Crippen molar-refractivity contribution in [3.63, 3.8) is 0 Å². The molecule has 0 spiro atoms. The van der Waals surface area contributed by atoms with Crippen LogP contribution in [0.5, 0.6) is 0 Å². The third-order valence-corrected chi connectivity index (χ3v) is 17.1. The minimum atomic E-state index is -1.80. The normalized spacial score (nSPS) is 51.8. The van der Waals surface area contributed by atoms with Crippen LogP contribution in [0.25, 0.3) is 0 Å². The first-order chi connectivity index (χ1) is 25.6. The topological polar surface area (TPSA) is 213 Å². The fraction of sp³-hybridized carbons (Fsp3) is 0.905. The molecule has 6 fully saturated rings. The van der Waals surface area contributed by atoms with Gasteiger partial charge in [-0.3, -0.25) is 9.59 Å². The number of ether oxygens (including phenoxy) is 4. The molecule has 0 bridgehead atoms. The van der Waals surface area contributed by atoms with Gasteiger partial charge in [0.05, 0.1) is 24.7 Å². The number of Topliss-reactive ketones (excluding diaryl/α,β-unsaturated/α-hetero) is 1. The molecule has 17 atom stereocenters. The molecule has 7 rings (SSSR count). The molecule has 13 heteroatoms. The van der Waals surface area contributed by atoms with E-state index in [1.165, 1.54) is 5.57 Å². The maximum absolute atomic E-state index is 14.0. The van der Waals surface area contributed by atoms with Gasteiger partial charge in [-0.05, 0) is 109 Å². The number of fused-ring (bicyclic) bond motifs is 7. The molecule has 0 unspecified atom stereocenters. The molecule has 4 saturated carbocycles. The Kier molecular flexibility index (Phi) is 10.6. The predicted molar refractivity (Wildman–Crippen MR) is 197 cm³/mol. The number of allylic oxidation sites excluding steroid dienone is 2. The van der Waals surface area contributed by atoms with Crippen LogP contribution in [0.2, 0.25) is 0 Å². The zero-order chi connectivity index (χ0) is 40.3. The summed E-state index contributed by atoms with van der Waals surface area (Å²) in [6, 6.07) is 0. The van der Waals surface area contributed by atoms with Gasteiger partial charge in [-0.2, -0.15) is 0 Å². The van der Waals surface area contributed by atoms with Gasteiger partial charge in [-0.15, -0.1) is 0 Å². The second kappa shape index (κ2) is 14.1. The lowest BCUT2D eigenvalue weighted by molar-refractivity contribution is -0.330. The molecular weight excluding hydrogens is 712 g/mol. The molecule has 2 heterocycles. The van der Waals surface area contributed by atoms with Crippen molar-refractivity contribution >= 4 is 11.8 Å². The SMILES string of the molecule is CC1(C)CC[C@]2(C(=O)O)CC[C@]3(C)C(=CC[C@@H]4[C@@]5(C)CC[C@H](O[C@@H]6O[C@H](CO)[C@@H](O)[C@H](O[C@@H]7O[C@H](CO)[C@@H](O)[C@H](O)[C@H]7O)C6=O)C(C)(C)[C@@H]5CC[C@]43C)[C@@H]2C1. The Balaban J connectivity index is 1.12. The van der Waals surface area contributed by atoms with Crippen LogP contribution in [0.3, 0.4) is 0 Å². The Hall–Kier alpha value is -1.52. The van der Waals surface area contributed by atoms with Gasteiger partial charge in [0.15, 0.2) is 12.4 Å². The number of hydrogen-bond acceptors (Lipinski definition) is 12. The van der Waals surface area contributed by atoms with Crippen LogP contribution in [0, 0.1) is 50.2 Å². The van der Waals surface area contributed by atoms with E-state index in [0.717, 1.165) is 51.4 Å². The number of carboxylic acid groups (broad SMARTS) is 1. The summed E-state index contributed by atoms with van der Waals surface area (Å²) in [6.07, 6.45) is -3.73. The van der Waals surface area contributed by atoms with Gasteiger partial charge in [-0.1, -0.05) is 60.1 Å². The first-order valence-electron chi connectivity index (χ1n) is 20.7. The zero-order valence-electron chi connectivity index (χ0n) is 33.6. The molecule has 0 amide bonds. The van der Waals surface area contributed by atoms with Crippen molar-refractivity contribution in [3.05, 3.63) is 11.6 Å². The van der Waals surface area contributed by atoms with Crippen molar-refractivity contribution in [1.82, 2.24) is 0 Å². The fourth-order valence-corrected chi connectivity index (χ4v) is 13.5. The molecule has 7 aliphatic rings. The summed E-state index contributed by atoms with van der Waals surface area (Å²) in [5.74, 6) is -0.776. The summed E-state index contributed by atoms with van der Waals surface area (Å²) in [6.45, 7) is 14.9. The summed E-state index contributed by atoms with van der Waals surface area (Å²) < 4.78 is 23.6. The third-order valence-electron chi connectivity index (χ3n) is 17.1. The fourth-order valence-electron chi connectivity index (χ4n) is 13.5. The highest BCUT2D eigenvalue weighted by molar-refractivity contribution is 5.87.